The average molecular weight is 285 g/mol. The van der Waals surface area contributed by atoms with Gasteiger partial charge in [-0.2, -0.15) is 5.10 Å². The van der Waals surface area contributed by atoms with Gasteiger partial charge in [0.25, 0.3) is 0 Å². The van der Waals surface area contributed by atoms with Crippen molar-refractivity contribution in [3.8, 4) is 11.3 Å². The minimum Gasteiger partial charge on any atom is -0.444 e. The van der Waals surface area contributed by atoms with E-state index in [0.29, 0.717) is 0 Å². The van der Waals surface area contributed by atoms with Crippen LogP contribution in [-0.4, -0.2) is 21.9 Å². The first kappa shape index (κ1) is 13.7. The number of ether oxygens (including phenoxy) is 1. The molecule has 0 spiro atoms. The molecule has 0 aliphatic heterocycles. The maximum Gasteiger partial charge on any atom is 0.412 e. The van der Waals surface area contributed by atoms with E-state index in [2.05, 4.69) is 15.5 Å². The first-order valence-electron chi connectivity index (χ1n) is 7.08. The standard InChI is InChI=1S/C16H19N3O2/c1-16(2,3)21-15(20)18-12-6-7-13-10(8-12)4-5-11-9-17-19-14(11)13/h6-9H,4-5H2,1-3H3,(H,17,19)(H,18,20). The van der Waals surface area contributed by atoms with Crippen LogP contribution in [0.5, 0.6) is 0 Å². The zero-order valence-electron chi connectivity index (χ0n) is 12.5. The summed E-state index contributed by atoms with van der Waals surface area (Å²) in [5.74, 6) is 0. The second-order valence-electron chi connectivity index (χ2n) is 6.26. The summed E-state index contributed by atoms with van der Waals surface area (Å²) in [6.45, 7) is 5.54. The van der Waals surface area contributed by atoms with Crippen LogP contribution < -0.4 is 5.32 Å². The van der Waals surface area contributed by atoms with Crippen molar-refractivity contribution in [2.45, 2.75) is 39.2 Å². The molecule has 0 fully saturated rings. The molecule has 21 heavy (non-hydrogen) atoms. The minimum absolute atomic E-state index is 0.432. The molecule has 1 aliphatic rings. The number of hydrogen-bond acceptors (Lipinski definition) is 3. The largest absolute Gasteiger partial charge is 0.444 e. The van der Waals surface area contributed by atoms with Gasteiger partial charge in [-0.3, -0.25) is 10.4 Å². The number of fused-ring (bicyclic) bond motifs is 3. The lowest BCUT2D eigenvalue weighted by Crippen LogP contribution is -2.27. The van der Waals surface area contributed by atoms with Crippen LogP contribution in [0.15, 0.2) is 24.4 Å². The number of hydrogen-bond donors (Lipinski definition) is 2. The van der Waals surface area contributed by atoms with Gasteiger partial charge in [0, 0.05) is 17.4 Å². The minimum atomic E-state index is -0.498. The maximum atomic E-state index is 11.8. The highest BCUT2D eigenvalue weighted by molar-refractivity contribution is 5.86. The normalized spacial score (nSPS) is 13.3. The molecule has 5 nitrogen and oxygen atoms in total. The van der Waals surface area contributed by atoms with Crippen LogP contribution in [0.3, 0.4) is 0 Å². The Morgan fingerprint density at radius 2 is 2.05 bits per heavy atom. The molecule has 0 saturated carbocycles. The predicted octanol–water partition coefficient (Wildman–Crippen LogP) is 3.52. The number of H-pyrrole nitrogens is 1. The Morgan fingerprint density at radius 3 is 2.81 bits per heavy atom. The van der Waals surface area contributed by atoms with Crippen LogP contribution in [0, 0.1) is 0 Å². The van der Waals surface area contributed by atoms with Crippen molar-refractivity contribution in [3.63, 3.8) is 0 Å². The smallest absolute Gasteiger partial charge is 0.412 e. The molecular formula is C16H19N3O2. The number of anilines is 1. The van der Waals surface area contributed by atoms with Crippen molar-refractivity contribution in [2.24, 2.45) is 0 Å². The lowest BCUT2D eigenvalue weighted by Gasteiger charge is -2.20. The Hall–Kier alpha value is -2.30. The van der Waals surface area contributed by atoms with Gasteiger partial charge in [0.2, 0.25) is 0 Å². The van der Waals surface area contributed by atoms with Crippen molar-refractivity contribution < 1.29 is 9.53 Å². The van der Waals surface area contributed by atoms with Crippen LogP contribution in [0.25, 0.3) is 11.3 Å². The molecule has 1 aromatic heterocycles. The fourth-order valence-electron chi connectivity index (χ4n) is 2.54. The van der Waals surface area contributed by atoms with Crippen LogP contribution in [0.4, 0.5) is 10.5 Å². The van der Waals surface area contributed by atoms with E-state index >= 15 is 0 Å². The second kappa shape index (κ2) is 4.91. The molecule has 0 bridgehead atoms. The number of aryl methyl sites for hydroxylation is 2. The zero-order valence-corrected chi connectivity index (χ0v) is 12.5. The molecule has 2 N–H and O–H groups in total. The van der Waals surface area contributed by atoms with Crippen molar-refractivity contribution in [1.29, 1.82) is 0 Å². The van der Waals surface area contributed by atoms with Gasteiger partial charge in [0.1, 0.15) is 5.60 Å². The third-order valence-corrected chi connectivity index (χ3v) is 3.39. The third kappa shape index (κ3) is 2.91. The van der Waals surface area contributed by atoms with Gasteiger partial charge in [0.05, 0.1) is 5.69 Å². The SMILES string of the molecule is CC(C)(C)OC(=O)Nc1ccc2c(c1)CCc1c[nH]nc1-2. The third-order valence-electron chi connectivity index (χ3n) is 3.39. The fraction of sp³-hybridized carbons (Fsp3) is 0.375. The van der Waals surface area contributed by atoms with Gasteiger partial charge < -0.3 is 4.74 Å². The number of carbonyl (C=O) groups is 1. The monoisotopic (exact) mass is 285 g/mol. The molecule has 2 aromatic rings. The molecule has 5 heteroatoms. The number of benzene rings is 1. The maximum absolute atomic E-state index is 11.8. The molecule has 0 saturated heterocycles. The molecule has 0 radical (unpaired) electrons. The van der Waals surface area contributed by atoms with Crippen LogP contribution in [0.1, 0.15) is 31.9 Å². The van der Waals surface area contributed by atoms with Gasteiger partial charge in [0.15, 0.2) is 0 Å². The zero-order chi connectivity index (χ0) is 15.0. The summed E-state index contributed by atoms with van der Waals surface area (Å²) in [5.41, 5.74) is 4.84. The molecule has 1 amide bonds. The molecule has 3 rings (SSSR count). The molecule has 1 aliphatic carbocycles. The number of carbonyl (C=O) groups excluding carboxylic acids is 1. The lowest BCUT2D eigenvalue weighted by atomic mass is 9.90. The highest BCUT2D eigenvalue weighted by Gasteiger charge is 2.20. The molecule has 1 aromatic carbocycles. The van der Waals surface area contributed by atoms with Gasteiger partial charge >= 0.3 is 6.09 Å². The summed E-state index contributed by atoms with van der Waals surface area (Å²) in [6, 6.07) is 5.88. The first-order chi connectivity index (χ1) is 9.92. The number of aromatic amines is 1. The summed E-state index contributed by atoms with van der Waals surface area (Å²) in [5, 5.41) is 9.99. The van der Waals surface area contributed by atoms with Crippen molar-refractivity contribution in [2.75, 3.05) is 5.32 Å². The highest BCUT2D eigenvalue weighted by Crippen LogP contribution is 2.33. The Kier molecular flexibility index (Phi) is 3.20. The summed E-state index contributed by atoms with van der Waals surface area (Å²) >= 11 is 0. The van der Waals surface area contributed by atoms with E-state index < -0.39 is 11.7 Å². The van der Waals surface area contributed by atoms with Crippen LogP contribution in [0.2, 0.25) is 0 Å². The van der Waals surface area contributed by atoms with E-state index in [1.807, 2.05) is 45.2 Å². The van der Waals surface area contributed by atoms with Crippen LogP contribution >= 0.6 is 0 Å². The van der Waals surface area contributed by atoms with E-state index in [4.69, 9.17) is 4.74 Å². The second-order valence-corrected chi connectivity index (χ2v) is 6.26. The number of nitrogens with zero attached hydrogens (tertiary/aromatic N) is 1. The van der Waals surface area contributed by atoms with Gasteiger partial charge in [-0.05, 0) is 56.9 Å². The van der Waals surface area contributed by atoms with E-state index in [1.54, 1.807) is 0 Å². The molecule has 1 heterocycles. The predicted molar refractivity (Wildman–Crippen MR) is 81.3 cm³/mol. The summed E-state index contributed by atoms with van der Waals surface area (Å²) in [6.07, 6.45) is 3.43. The molecule has 110 valence electrons. The number of aromatic nitrogens is 2. The topological polar surface area (TPSA) is 67.0 Å². The van der Waals surface area contributed by atoms with Gasteiger partial charge in [-0.15, -0.1) is 0 Å². The summed E-state index contributed by atoms with van der Waals surface area (Å²) in [4.78, 5) is 11.8. The Morgan fingerprint density at radius 1 is 1.29 bits per heavy atom. The Labute approximate surface area is 123 Å². The quantitative estimate of drug-likeness (QED) is 0.842. The van der Waals surface area contributed by atoms with Crippen LogP contribution in [-0.2, 0) is 17.6 Å². The van der Waals surface area contributed by atoms with Crippen molar-refractivity contribution >= 4 is 11.8 Å². The molecule has 0 atom stereocenters. The van der Waals surface area contributed by atoms with E-state index in [0.717, 1.165) is 29.8 Å². The summed E-state index contributed by atoms with van der Waals surface area (Å²) < 4.78 is 5.26. The Bertz CT molecular complexity index is 683. The number of amides is 1. The Balaban J connectivity index is 1.80. The lowest BCUT2D eigenvalue weighted by molar-refractivity contribution is 0.0636. The van der Waals surface area contributed by atoms with E-state index in [1.165, 1.54) is 11.1 Å². The number of rotatable bonds is 1. The van der Waals surface area contributed by atoms with Crippen molar-refractivity contribution in [1.82, 2.24) is 10.2 Å². The first-order valence-corrected chi connectivity index (χ1v) is 7.08. The highest BCUT2D eigenvalue weighted by atomic mass is 16.6. The summed E-state index contributed by atoms with van der Waals surface area (Å²) in [7, 11) is 0. The molecular weight excluding hydrogens is 266 g/mol. The number of nitrogens with one attached hydrogen (secondary N) is 2. The van der Waals surface area contributed by atoms with E-state index in [9.17, 15) is 4.79 Å². The molecule has 0 unspecified atom stereocenters. The average Bonchev–Trinajstić information content (AvgIpc) is 2.84. The van der Waals surface area contributed by atoms with Gasteiger partial charge in [-0.25, -0.2) is 4.79 Å². The van der Waals surface area contributed by atoms with Gasteiger partial charge in [-0.1, -0.05) is 6.07 Å². The fourth-order valence-corrected chi connectivity index (χ4v) is 2.54. The van der Waals surface area contributed by atoms with E-state index in [-0.39, 0.29) is 0 Å². The van der Waals surface area contributed by atoms with Crippen molar-refractivity contribution in [3.05, 3.63) is 35.5 Å².